The van der Waals surface area contributed by atoms with Gasteiger partial charge in [-0.05, 0) is 19.1 Å². The average molecular weight is 456 g/mol. The highest BCUT2D eigenvalue weighted by Crippen LogP contribution is 2.46. The van der Waals surface area contributed by atoms with Crippen LogP contribution in [0.3, 0.4) is 0 Å². The summed E-state index contributed by atoms with van der Waals surface area (Å²) in [5.41, 5.74) is -5.95. The summed E-state index contributed by atoms with van der Waals surface area (Å²) in [6.45, 7) is -0.331. The molecule has 0 unspecified atom stereocenters. The number of allylic oxidation sites excluding steroid dienone is 4. The van der Waals surface area contributed by atoms with Gasteiger partial charge in [0, 0.05) is 0 Å². The number of amides is 2. The van der Waals surface area contributed by atoms with Crippen LogP contribution in [0, 0.1) is 0 Å². The Morgan fingerprint density at radius 3 is 2.00 bits per heavy atom. The maximum atomic E-state index is 13.8. The molecule has 0 aromatic carbocycles. The van der Waals surface area contributed by atoms with E-state index in [2.05, 4.69) is 9.47 Å². The van der Waals surface area contributed by atoms with Crippen LogP contribution in [-0.2, 0) is 9.47 Å². The van der Waals surface area contributed by atoms with Gasteiger partial charge < -0.3 is 14.8 Å². The van der Waals surface area contributed by atoms with Crippen molar-refractivity contribution in [2.24, 2.45) is 0 Å². The zero-order valence-corrected chi connectivity index (χ0v) is 14.4. The van der Waals surface area contributed by atoms with E-state index in [4.69, 9.17) is 0 Å². The summed E-state index contributed by atoms with van der Waals surface area (Å²) in [7, 11) is 0. The second-order valence-corrected chi connectivity index (χ2v) is 6.04. The number of carbonyl (C=O) groups excluding carboxylic acids is 1. The predicted octanol–water partition coefficient (Wildman–Crippen LogP) is 4.62. The number of nitrogens with one attached hydrogen (secondary N) is 2. The van der Waals surface area contributed by atoms with Crippen LogP contribution in [0.5, 0.6) is 0 Å². The molecule has 0 aromatic rings. The van der Waals surface area contributed by atoms with E-state index < -0.39 is 53.0 Å². The molecule has 2 rings (SSSR count). The molecule has 1 aliphatic carbocycles. The monoisotopic (exact) mass is 456 g/mol. The second kappa shape index (κ2) is 7.12. The topological polar surface area (TPSA) is 59.6 Å². The Labute approximate surface area is 160 Å². The number of urea groups is 1. The van der Waals surface area contributed by atoms with E-state index in [9.17, 15) is 48.7 Å². The van der Waals surface area contributed by atoms with Crippen LogP contribution in [0.25, 0.3) is 0 Å². The van der Waals surface area contributed by atoms with Crippen LogP contribution in [-0.4, -0.2) is 35.8 Å². The molecule has 5 nitrogen and oxygen atoms in total. The van der Waals surface area contributed by atoms with Crippen LogP contribution in [0.2, 0.25) is 0 Å². The molecule has 0 bridgehead atoms. The van der Waals surface area contributed by atoms with Crippen molar-refractivity contribution in [2.45, 2.75) is 36.7 Å². The first-order valence-electron chi connectivity index (χ1n) is 7.54. The third-order valence-corrected chi connectivity index (χ3v) is 3.91. The van der Waals surface area contributed by atoms with E-state index in [-0.39, 0.29) is 13.0 Å². The molecule has 0 saturated heterocycles. The Bertz CT molecular complexity index is 823. The molecule has 2 aliphatic rings. The van der Waals surface area contributed by atoms with Gasteiger partial charge in [0.1, 0.15) is 6.26 Å². The number of halogens is 10. The zero-order valence-electron chi connectivity index (χ0n) is 14.4. The first-order valence-corrected chi connectivity index (χ1v) is 7.54. The molecule has 0 spiro atoms. The van der Waals surface area contributed by atoms with Crippen LogP contribution >= 0.6 is 0 Å². The molecule has 0 fully saturated rings. The minimum atomic E-state index is -5.92. The van der Waals surface area contributed by atoms with Gasteiger partial charge in [0.15, 0.2) is 12.0 Å². The summed E-state index contributed by atoms with van der Waals surface area (Å²) in [6, 6.07) is -2.03. The van der Waals surface area contributed by atoms with Gasteiger partial charge in [-0.3, -0.25) is 5.32 Å². The number of hydrogen-bond acceptors (Lipinski definition) is 3. The SMILES string of the molecule is CC(NC(=O)NC1=COC(C2=CC=CC(F)(F)C2(F)F)=CO1)(C(F)(F)F)C(F)(F)F. The van der Waals surface area contributed by atoms with E-state index in [0.717, 1.165) is 0 Å². The quantitative estimate of drug-likeness (QED) is 0.610. The standard InChI is InChI=1S/C15H10F10N2O3/c1-11(14(20,21)22,15(23,24)25)27-10(28)26-9-6-29-8(5-30-9)7-3-2-4-12(16,17)13(7,18)19/h2-6H,1H3,(H2,26,27,28). The number of hydrogen-bond donors (Lipinski definition) is 2. The van der Waals surface area contributed by atoms with Gasteiger partial charge in [0.2, 0.25) is 11.4 Å². The van der Waals surface area contributed by atoms with E-state index in [1.807, 2.05) is 0 Å². The number of alkyl halides is 10. The molecule has 0 saturated carbocycles. The van der Waals surface area contributed by atoms with Crippen LogP contribution in [0.15, 0.2) is 48.0 Å². The molecule has 0 atom stereocenters. The van der Waals surface area contributed by atoms with Crippen LogP contribution < -0.4 is 10.6 Å². The number of ether oxygens (including phenoxy) is 2. The van der Waals surface area contributed by atoms with Crippen molar-refractivity contribution in [3.05, 3.63) is 48.0 Å². The molecule has 0 radical (unpaired) electrons. The molecule has 2 amide bonds. The van der Waals surface area contributed by atoms with E-state index in [0.29, 0.717) is 30.0 Å². The molecule has 15 heteroatoms. The van der Waals surface area contributed by atoms with E-state index >= 15 is 0 Å². The minimum Gasteiger partial charge on any atom is -0.456 e. The summed E-state index contributed by atoms with van der Waals surface area (Å²) in [6.07, 6.45) is -10.1. The zero-order chi connectivity index (χ0) is 23.2. The first kappa shape index (κ1) is 23.4. The first-order chi connectivity index (χ1) is 13.4. The van der Waals surface area contributed by atoms with Crippen molar-refractivity contribution in [1.82, 2.24) is 10.6 Å². The molecule has 30 heavy (non-hydrogen) atoms. The highest BCUT2D eigenvalue weighted by Gasteiger charge is 2.68. The van der Waals surface area contributed by atoms with Gasteiger partial charge in [0.25, 0.3) is 0 Å². The summed E-state index contributed by atoms with van der Waals surface area (Å²) in [5.74, 6) is -11.1. The summed E-state index contributed by atoms with van der Waals surface area (Å²) >= 11 is 0. The van der Waals surface area contributed by atoms with E-state index in [1.54, 1.807) is 0 Å². The van der Waals surface area contributed by atoms with Crippen molar-refractivity contribution in [3.63, 3.8) is 0 Å². The van der Waals surface area contributed by atoms with Gasteiger partial charge in [-0.2, -0.15) is 43.9 Å². The Hall–Kier alpha value is -2.87. The molecular weight excluding hydrogens is 446 g/mol. The predicted molar refractivity (Wildman–Crippen MR) is 77.6 cm³/mol. The normalized spacial score (nSPS) is 20.8. The van der Waals surface area contributed by atoms with Gasteiger partial charge in [0.05, 0.1) is 5.57 Å². The van der Waals surface area contributed by atoms with Crippen LogP contribution in [0.1, 0.15) is 6.92 Å². The van der Waals surface area contributed by atoms with Crippen LogP contribution in [0.4, 0.5) is 48.7 Å². The Kier molecular flexibility index (Phi) is 5.56. The summed E-state index contributed by atoms with van der Waals surface area (Å²) in [4.78, 5) is 11.5. The summed E-state index contributed by atoms with van der Waals surface area (Å²) in [5, 5.41) is 2.11. The van der Waals surface area contributed by atoms with Gasteiger partial charge in [-0.15, -0.1) is 0 Å². The molecule has 168 valence electrons. The lowest BCUT2D eigenvalue weighted by Gasteiger charge is -2.34. The second-order valence-electron chi connectivity index (χ2n) is 6.04. The molecule has 2 N–H and O–H groups in total. The van der Waals surface area contributed by atoms with Crippen molar-refractivity contribution in [1.29, 1.82) is 0 Å². The Morgan fingerprint density at radius 2 is 1.53 bits per heavy atom. The lowest BCUT2D eigenvalue weighted by molar-refractivity contribution is -0.297. The maximum absolute atomic E-state index is 13.8. The molecular formula is C15H10F10N2O3. The fourth-order valence-electron chi connectivity index (χ4n) is 2.04. The molecule has 0 aromatic heterocycles. The third-order valence-electron chi connectivity index (χ3n) is 3.91. The van der Waals surface area contributed by atoms with Crippen molar-refractivity contribution >= 4 is 6.03 Å². The highest BCUT2D eigenvalue weighted by molar-refractivity contribution is 5.76. The fourth-order valence-corrected chi connectivity index (χ4v) is 2.04. The lowest BCUT2D eigenvalue weighted by Crippen LogP contribution is -2.66. The Balaban J connectivity index is 2.09. The largest absolute Gasteiger partial charge is 0.456 e. The number of rotatable bonds is 3. The van der Waals surface area contributed by atoms with Crippen molar-refractivity contribution < 1.29 is 58.2 Å². The maximum Gasteiger partial charge on any atom is 0.420 e. The number of carbonyl (C=O) groups is 1. The Morgan fingerprint density at radius 1 is 0.967 bits per heavy atom. The van der Waals surface area contributed by atoms with Crippen molar-refractivity contribution in [2.75, 3.05) is 0 Å². The van der Waals surface area contributed by atoms with Gasteiger partial charge in [-0.25, -0.2) is 4.79 Å². The molecule has 1 aliphatic heterocycles. The van der Waals surface area contributed by atoms with Gasteiger partial charge in [-0.1, -0.05) is 6.08 Å². The third kappa shape index (κ3) is 4.05. The lowest BCUT2D eigenvalue weighted by atomic mass is 9.95. The highest BCUT2D eigenvalue weighted by atomic mass is 19.4. The van der Waals surface area contributed by atoms with Gasteiger partial charge >= 0.3 is 30.2 Å². The summed E-state index contributed by atoms with van der Waals surface area (Å²) < 4.78 is 140. The minimum absolute atomic E-state index is 0.0633. The smallest absolute Gasteiger partial charge is 0.420 e. The molecule has 1 heterocycles. The average Bonchev–Trinajstić information content (AvgIpc) is 2.56. The van der Waals surface area contributed by atoms with Crippen molar-refractivity contribution in [3.8, 4) is 0 Å². The van der Waals surface area contributed by atoms with E-state index in [1.165, 1.54) is 5.32 Å². The fraction of sp³-hybridized carbons (Fsp3) is 0.400.